The van der Waals surface area contributed by atoms with Gasteiger partial charge in [0.25, 0.3) is 0 Å². The Hall–Kier alpha value is -1.59. The molecule has 1 amide bonds. The molecule has 0 N–H and O–H groups in total. The lowest BCUT2D eigenvalue weighted by atomic mass is 10.0. The van der Waals surface area contributed by atoms with Crippen molar-refractivity contribution in [3.05, 3.63) is 29.8 Å². The van der Waals surface area contributed by atoms with Crippen LogP contribution in [0.5, 0.6) is 0 Å². The molecule has 0 saturated carbocycles. The average molecular weight is 358 g/mol. The second-order valence-electron chi connectivity index (χ2n) is 7.70. The maximum Gasteiger partial charge on any atom is 0.222 e. The molecular weight excluding hydrogens is 328 g/mol. The summed E-state index contributed by atoms with van der Waals surface area (Å²) in [6, 6.07) is 8.79. The summed E-state index contributed by atoms with van der Waals surface area (Å²) >= 11 is 0. The summed E-state index contributed by atoms with van der Waals surface area (Å²) in [7, 11) is 0. The molecule has 5 heteroatoms. The molecule has 3 fully saturated rings. The van der Waals surface area contributed by atoms with Crippen molar-refractivity contribution in [3.8, 4) is 0 Å². The Morgan fingerprint density at radius 2 is 1.58 bits per heavy atom. The summed E-state index contributed by atoms with van der Waals surface area (Å²) in [5.74, 6) is -0.154. The molecule has 3 saturated heterocycles. The quantitative estimate of drug-likeness (QED) is 0.830. The predicted octanol–water partition coefficient (Wildman–Crippen LogP) is 2.98. The predicted molar refractivity (Wildman–Crippen MR) is 101 cm³/mol. The van der Waals surface area contributed by atoms with Gasteiger partial charge in [0.2, 0.25) is 5.91 Å². The van der Waals surface area contributed by atoms with Crippen molar-refractivity contribution >= 4 is 11.6 Å². The Kier molecular flexibility index (Phi) is 5.46. The SMILES string of the molecule is O=C(CCc1ccc(N2CCCCC2)cc1)N1CCC2(CC1)OCCO2. The van der Waals surface area contributed by atoms with Crippen LogP contribution in [0.2, 0.25) is 0 Å². The van der Waals surface area contributed by atoms with Crippen molar-refractivity contribution in [2.75, 3.05) is 44.3 Å². The number of carbonyl (C=O) groups excluding carboxylic acids is 1. The first kappa shape index (κ1) is 17.8. The third kappa shape index (κ3) is 4.04. The van der Waals surface area contributed by atoms with Gasteiger partial charge < -0.3 is 19.3 Å². The van der Waals surface area contributed by atoms with Gasteiger partial charge in [0.05, 0.1) is 13.2 Å². The zero-order valence-corrected chi connectivity index (χ0v) is 15.6. The molecule has 0 bridgehead atoms. The number of ether oxygens (including phenoxy) is 2. The Morgan fingerprint density at radius 1 is 0.923 bits per heavy atom. The largest absolute Gasteiger partial charge is 0.372 e. The monoisotopic (exact) mass is 358 g/mol. The number of piperidine rings is 2. The van der Waals surface area contributed by atoms with Crippen LogP contribution in [0, 0.1) is 0 Å². The lowest BCUT2D eigenvalue weighted by molar-refractivity contribution is -0.187. The second-order valence-corrected chi connectivity index (χ2v) is 7.70. The molecule has 1 spiro atoms. The zero-order chi connectivity index (χ0) is 17.8. The molecule has 0 aromatic heterocycles. The van der Waals surface area contributed by atoms with Crippen molar-refractivity contribution in [2.45, 2.75) is 50.7 Å². The summed E-state index contributed by atoms with van der Waals surface area (Å²) in [6.07, 6.45) is 6.93. The summed E-state index contributed by atoms with van der Waals surface area (Å²) in [5, 5.41) is 0. The van der Waals surface area contributed by atoms with E-state index in [-0.39, 0.29) is 5.91 Å². The van der Waals surface area contributed by atoms with Crippen molar-refractivity contribution in [1.82, 2.24) is 4.90 Å². The van der Waals surface area contributed by atoms with E-state index in [0.29, 0.717) is 19.6 Å². The maximum absolute atomic E-state index is 12.5. The summed E-state index contributed by atoms with van der Waals surface area (Å²) in [5.41, 5.74) is 2.56. The van der Waals surface area contributed by atoms with Crippen LogP contribution in [0.1, 0.15) is 44.1 Å². The lowest BCUT2D eigenvalue weighted by Crippen LogP contribution is -2.47. The number of likely N-dealkylation sites (tertiary alicyclic amines) is 1. The van der Waals surface area contributed by atoms with Gasteiger partial charge in [0, 0.05) is 51.1 Å². The number of amides is 1. The number of rotatable bonds is 4. The minimum Gasteiger partial charge on any atom is -0.372 e. The Labute approximate surface area is 156 Å². The Morgan fingerprint density at radius 3 is 2.23 bits per heavy atom. The van der Waals surface area contributed by atoms with E-state index < -0.39 is 5.79 Å². The number of hydrogen-bond donors (Lipinski definition) is 0. The maximum atomic E-state index is 12.5. The van der Waals surface area contributed by atoms with E-state index in [9.17, 15) is 4.79 Å². The molecule has 26 heavy (non-hydrogen) atoms. The highest BCUT2D eigenvalue weighted by Gasteiger charge is 2.40. The van der Waals surface area contributed by atoms with Crippen molar-refractivity contribution in [1.29, 1.82) is 0 Å². The minimum absolute atomic E-state index is 0.248. The number of hydrogen-bond acceptors (Lipinski definition) is 4. The minimum atomic E-state index is -0.402. The first-order valence-electron chi connectivity index (χ1n) is 10.1. The molecule has 0 aliphatic carbocycles. The molecule has 3 heterocycles. The smallest absolute Gasteiger partial charge is 0.222 e. The van der Waals surface area contributed by atoms with Gasteiger partial charge in [-0.25, -0.2) is 0 Å². The molecule has 3 aliphatic rings. The zero-order valence-electron chi connectivity index (χ0n) is 15.6. The highest BCUT2D eigenvalue weighted by atomic mass is 16.7. The van der Waals surface area contributed by atoms with E-state index in [1.807, 2.05) is 4.90 Å². The van der Waals surface area contributed by atoms with Crippen LogP contribution in [0.3, 0.4) is 0 Å². The molecule has 5 nitrogen and oxygen atoms in total. The average Bonchev–Trinajstić information content (AvgIpc) is 3.16. The highest BCUT2D eigenvalue weighted by molar-refractivity contribution is 5.76. The lowest BCUT2D eigenvalue weighted by Gasteiger charge is -2.37. The summed E-state index contributed by atoms with van der Waals surface area (Å²) < 4.78 is 11.5. The molecule has 1 aromatic carbocycles. The van der Waals surface area contributed by atoms with Gasteiger partial charge in [-0.05, 0) is 43.4 Å². The van der Waals surface area contributed by atoms with Crippen molar-refractivity contribution in [2.24, 2.45) is 0 Å². The van der Waals surface area contributed by atoms with E-state index in [1.54, 1.807) is 0 Å². The molecular formula is C21H30N2O3. The molecule has 0 atom stereocenters. The van der Waals surface area contributed by atoms with E-state index in [2.05, 4.69) is 29.2 Å². The van der Waals surface area contributed by atoms with Gasteiger partial charge in [-0.15, -0.1) is 0 Å². The number of anilines is 1. The second kappa shape index (κ2) is 7.97. The third-order valence-corrected chi connectivity index (χ3v) is 5.98. The summed E-state index contributed by atoms with van der Waals surface area (Å²) in [6.45, 7) is 5.19. The van der Waals surface area contributed by atoms with Crippen LogP contribution >= 0.6 is 0 Å². The van der Waals surface area contributed by atoms with Gasteiger partial charge in [-0.1, -0.05) is 12.1 Å². The van der Waals surface area contributed by atoms with Crippen LogP contribution < -0.4 is 4.90 Å². The van der Waals surface area contributed by atoms with Gasteiger partial charge in [-0.3, -0.25) is 4.79 Å². The molecule has 3 aliphatic heterocycles. The van der Waals surface area contributed by atoms with Gasteiger partial charge in [0.15, 0.2) is 5.79 Å². The first-order valence-corrected chi connectivity index (χ1v) is 10.1. The van der Waals surface area contributed by atoms with Gasteiger partial charge in [0.1, 0.15) is 0 Å². The van der Waals surface area contributed by atoms with Gasteiger partial charge in [-0.2, -0.15) is 0 Å². The van der Waals surface area contributed by atoms with Crippen LogP contribution in [-0.4, -0.2) is 56.0 Å². The highest BCUT2D eigenvalue weighted by Crippen LogP contribution is 2.31. The molecule has 1 aromatic rings. The standard InChI is InChI=1S/C21H30N2O3/c24-20(23-14-10-21(11-15-23)25-16-17-26-21)9-6-18-4-7-19(8-5-18)22-12-2-1-3-13-22/h4-5,7-8H,1-3,6,9-17H2. The number of carbonyl (C=O) groups is 1. The fraction of sp³-hybridized carbons (Fsp3) is 0.667. The van der Waals surface area contributed by atoms with E-state index in [1.165, 1.54) is 43.6 Å². The number of aryl methyl sites for hydroxylation is 1. The fourth-order valence-electron chi connectivity index (χ4n) is 4.32. The van der Waals surface area contributed by atoms with Crippen LogP contribution in [0.4, 0.5) is 5.69 Å². The van der Waals surface area contributed by atoms with E-state index in [0.717, 1.165) is 32.4 Å². The van der Waals surface area contributed by atoms with Crippen molar-refractivity contribution < 1.29 is 14.3 Å². The fourth-order valence-corrected chi connectivity index (χ4v) is 4.32. The van der Waals surface area contributed by atoms with Crippen LogP contribution in [0.15, 0.2) is 24.3 Å². The normalized spacial score (nSPS) is 22.8. The Bertz CT molecular complexity index is 594. The third-order valence-electron chi connectivity index (χ3n) is 5.98. The number of nitrogens with zero attached hydrogens (tertiary/aromatic N) is 2. The molecule has 4 rings (SSSR count). The number of benzene rings is 1. The first-order chi connectivity index (χ1) is 12.7. The molecule has 0 radical (unpaired) electrons. The Balaban J connectivity index is 1.24. The van der Waals surface area contributed by atoms with Gasteiger partial charge >= 0.3 is 0 Å². The van der Waals surface area contributed by atoms with E-state index in [4.69, 9.17) is 9.47 Å². The summed E-state index contributed by atoms with van der Waals surface area (Å²) in [4.78, 5) is 17.0. The van der Waals surface area contributed by atoms with Crippen molar-refractivity contribution in [3.63, 3.8) is 0 Å². The van der Waals surface area contributed by atoms with Crippen LogP contribution in [-0.2, 0) is 20.7 Å². The molecule has 142 valence electrons. The van der Waals surface area contributed by atoms with E-state index >= 15 is 0 Å². The topological polar surface area (TPSA) is 42.0 Å². The molecule has 0 unspecified atom stereocenters. The van der Waals surface area contributed by atoms with Crippen LogP contribution in [0.25, 0.3) is 0 Å².